The van der Waals surface area contributed by atoms with Crippen LogP contribution in [0.1, 0.15) is 11.3 Å². The number of aromatic nitrogens is 3. The standard InChI is InChI=1S/C14H13N5S/c1-8-6-7-9(12(15)16)13(17-8)20-14-18-10-4-2-3-5-11(10)19-14/h2-7H,1H3,(H3,15,16)(H,18,19). The normalized spacial score (nSPS) is 10.8. The zero-order chi connectivity index (χ0) is 14.1. The first-order valence-electron chi connectivity index (χ1n) is 6.08. The first-order chi connectivity index (χ1) is 9.63. The Balaban J connectivity index is 2.01. The lowest BCUT2D eigenvalue weighted by atomic mass is 10.2. The minimum atomic E-state index is 0.0103. The molecule has 3 rings (SSSR count). The molecule has 0 unspecified atom stereocenters. The lowest BCUT2D eigenvalue weighted by Crippen LogP contribution is -2.13. The van der Waals surface area contributed by atoms with Gasteiger partial charge in [0, 0.05) is 11.3 Å². The molecule has 6 heteroatoms. The van der Waals surface area contributed by atoms with E-state index in [4.69, 9.17) is 11.1 Å². The van der Waals surface area contributed by atoms with E-state index in [9.17, 15) is 0 Å². The van der Waals surface area contributed by atoms with Crippen molar-refractivity contribution in [3.05, 3.63) is 47.7 Å². The molecule has 0 spiro atoms. The third-order valence-electron chi connectivity index (χ3n) is 2.85. The van der Waals surface area contributed by atoms with Crippen molar-refractivity contribution >= 4 is 28.6 Å². The second kappa shape index (κ2) is 4.97. The summed E-state index contributed by atoms with van der Waals surface area (Å²) in [5.74, 6) is 0.0103. The van der Waals surface area contributed by atoms with Crippen LogP contribution in [0.25, 0.3) is 11.0 Å². The van der Waals surface area contributed by atoms with Gasteiger partial charge in [-0.3, -0.25) is 5.41 Å². The molecule has 2 heterocycles. The van der Waals surface area contributed by atoms with Crippen molar-refractivity contribution in [1.82, 2.24) is 15.0 Å². The van der Waals surface area contributed by atoms with Crippen LogP contribution in [0.5, 0.6) is 0 Å². The topological polar surface area (TPSA) is 91.4 Å². The van der Waals surface area contributed by atoms with Gasteiger partial charge in [0.05, 0.1) is 11.0 Å². The number of rotatable bonds is 3. The van der Waals surface area contributed by atoms with Crippen molar-refractivity contribution in [1.29, 1.82) is 5.41 Å². The second-order valence-electron chi connectivity index (χ2n) is 4.38. The Kier molecular flexibility index (Phi) is 3.15. The van der Waals surface area contributed by atoms with Crippen molar-refractivity contribution in [3.8, 4) is 0 Å². The highest BCUT2D eigenvalue weighted by molar-refractivity contribution is 7.99. The molecule has 0 bridgehead atoms. The first-order valence-corrected chi connectivity index (χ1v) is 6.90. The maximum Gasteiger partial charge on any atom is 0.172 e. The Morgan fingerprint density at radius 1 is 1.20 bits per heavy atom. The highest BCUT2D eigenvalue weighted by atomic mass is 32.2. The Bertz CT molecular complexity index is 760. The van der Waals surface area contributed by atoms with Crippen LogP contribution >= 0.6 is 11.8 Å². The number of nitrogens with zero attached hydrogens (tertiary/aromatic N) is 2. The number of nitrogens with two attached hydrogens (primary N) is 1. The molecule has 5 nitrogen and oxygen atoms in total. The van der Waals surface area contributed by atoms with E-state index in [-0.39, 0.29) is 5.84 Å². The predicted molar refractivity (Wildman–Crippen MR) is 80.2 cm³/mol. The molecular weight excluding hydrogens is 270 g/mol. The number of hydrogen-bond acceptors (Lipinski definition) is 4. The van der Waals surface area contributed by atoms with Gasteiger partial charge in [0.25, 0.3) is 0 Å². The summed E-state index contributed by atoms with van der Waals surface area (Å²) in [6.07, 6.45) is 0. The maximum atomic E-state index is 7.61. The van der Waals surface area contributed by atoms with E-state index in [0.29, 0.717) is 10.6 Å². The molecule has 0 saturated heterocycles. The van der Waals surface area contributed by atoms with Crippen LogP contribution in [0, 0.1) is 12.3 Å². The van der Waals surface area contributed by atoms with Gasteiger partial charge in [-0.2, -0.15) is 0 Å². The van der Waals surface area contributed by atoms with Gasteiger partial charge in [-0.25, -0.2) is 9.97 Å². The SMILES string of the molecule is Cc1ccc(C(=N)N)c(Sc2nc3ccccc3[nH]2)n1. The van der Waals surface area contributed by atoms with E-state index in [1.165, 1.54) is 11.8 Å². The Morgan fingerprint density at radius 3 is 2.75 bits per heavy atom. The number of aromatic amines is 1. The summed E-state index contributed by atoms with van der Waals surface area (Å²) in [6, 6.07) is 11.5. The fourth-order valence-corrected chi connectivity index (χ4v) is 2.85. The van der Waals surface area contributed by atoms with Gasteiger partial charge in [0.1, 0.15) is 10.9 Å². The van der Waals surface area contributed by atoms with E-state index in [1.54, 1.807) is 0 Å². The minimum absolute atomic E-state index is 0.0103. The predicted octanol–water partition coefficient (Wildman–Crippen LogP) is 2.70. The zero-order valence-electron chi connectivity index (χ0n) is 10.8. The van der Waals surface area contributed by atoms with E-state index < -0.39 is 0 Å². The van der Waals surface area contributed by atoms with Crippen molar-refractivity contribution < 1.29 is 0 Å². The lowest BCUT2D eigenvalue weighted by molar-refractivity contribution is 1.02. The monoisotopic (exact) mass is 283 g/mol. The summed E-state index contributed by atoms with van der Waals surface area (Å²) >= 11 is 1.38. The molecular formula is C14H13N5S. The van der Waals surface area contributed by atoms with Gasteiger partial charge in [-0.05, 0) is 43.0 Å². The summed E-state index contributed by atoms with van der Waals surface area (Å²) in [5.41, 5.74) is 8.99. The Morgan fingerprint density at radius 2 is 2.00 bits per heavy atom. The molecule has 0 aliphatic heterocycles. The average molecular weight is 283 g/mol. The van der Waals surface area contributed by atoms with Crippen LogP contribution in [-0.4, -0.2) is 20.8 Å². The van der Waals surface area contributed by atoms with Crippen molar-refractivity contribution in [3.63, 3.8) is 0 Å². The molecule has 1 aromatic carbocycles. The summed E-state index contributed by atoms with van der Waals surface area (Å²) in [6.45, 7) is 1.91. The number of aryl methyl sites for hydroxylation is 1. The van der Waals surface area contributed by atoms with E-state index in [2.05, 4.69) is 15.0 Å². The second-order valence-corrected chi connectivity index (χ2v) is 5.36. The number of H-pyrrole nitrogens is 1. The molecule has 0 atom stereocenters. The van der Waals surface area contributed by atoms with Crippen molar-refractivity contribution in [2.45, 2.75) is 17.1 Å². The van der Waals surface area contributed by atoms with Crippen LogP contribution in [0.15, 0.2) is 46.6 Å². The zero-order valence-corrected chi connectivity index (χ0v) is 11.7. The number of hydrogen-bond donors (Lipinski definition) is 3. The minimum Gasteiger partial charge on any atom is -0.384 e. The first kappa shape index (κ1) is 12.7. The summed E-state index contributed by atoms with van der Waals surface area (Å²) in [5, 5.41) is 9.05. The molecule has 100 valence electrons. The number of imidazole rings is 1. The van der Waals surface area contributed by atoms with E-state index in [0.717, 1.165) is 21.9 Å². The summed E-state index contributed by atoms with van der Waals surface area (Å²) in [4.78, 5) is 12.2. The molecule has 0 radical (unpaired) electrons. The molecule has 0 fully saturated rings. The van der Waals surface area contributed by atoms with Crippen LogP contribution < -0.4 is 5.73 Å². The van der Waals surface area contributed by atoms with Gasteiger partial charge in [-0.15, -0.1) is 0 Å². The van der Waals surface area contributed by atoms with Crippen molar-refractivity contribution in [2.75, 3.05) is 0 Å². The molecule has 20 heavy (non-hydrogen) atoms. The fraction of sp³-hybridized carbons (Fsp3) is 0.0714. The fourth-order valence-electron chi connectivity index (χ4n) is 1.88. The van der Waals surface area contributed by atoms with Crippen LogP contribution in [0.3, 0.4) is 0 Å². The Labute approximate surface area is 120 Å². The molecule has 2 aromatic heterocycles. The van der Waals surface area contributed by atoms with Crippen LogP contribution in [0.4, 0.5) is 0 Å². The highest BCUT2D eigenvalue weighted by Crippen LogP contribution is 2.28. The smallest absolute Gasteiger partial charge is 0.172 e. The molecule has 4 N–H and O–H groups in total. The number of para-hydroxylation sites is 2. The number of amidine groups is 1. The Hall–Kier alpha value is -2.34. The van der Waals surface area contributed by atoms with Gasteiger partial charge < -0.3 is 10.7 Å². The number of pyridine rings is 1. The quantitative estimate of drug-likeness (QED) is 0.509. The van der Waals surface area contributed by atoms with E-state index >= 15 is 0 Å². The van der Waals surface area contributed by atoms with Gasteiger partial charge in [0.15, 0.2) is 5.16 Å². The maximum absolute atomic E-state index is 7.61. The third kappa shape index (κ3) is 2.37. The summed E-state index contributed by atoms with van der Waals surface area (Å²) in [7, 11) is 0. The van der Waals surface area contributed by atoms with Crippen molar-refractivity contribution in [2.24, 2.45) is 5.73 Å². The molecule has 0 aliphatic rings. The number of nitrogen functional groups attached to an aromatic ring is 1. The van der Waals surface area contributed by atoms with Crippen LogP contribution in [0.2, 0.25) is 0 Å². The number of nitrogens with one attached hydrogen (secondary N) is 2. The molecule has 0 amide bonds. The largest absolute Gasteiger partial charge is 0.384 e. The van der Waals surface area contributed by atoms with Crippen LogP contribution in [-0.2, 0) is 0 Å². The molecule has 3 aromatic rings. The van der Waals surface area contributed by atoms with E-state index in [1.807, 2.05) is 43.3 Å². The molecule has 0 aliphatic carbocycles. The average Bonchev–Trinajstić information content (AvgIpc) is 2.80. The highest BCUT2D eigenvalue weighted by Gasteiger charge is 2.11. The lowest BCUT2D eigenvalue weighted by Gasteiger charge is -2.06. The summed E-state index contributed by atoms with van der Waals surface area (Å²) < 4.78 is 0. The molecule has 0 saturated carbocycles. The third-order valence-corrected chi connectivity index (χ3v) is 3.74. The number of benzene rings is 1. The van der Waals surface area contributed by atoms with Gasteiger partial charge in [-0.1, -0.05) is 12.1 Å². The number of fused-ring (bicyclic) bond motifs is 1. The van der Waals surface area contributed by atoms with Gasteiger partial charge >= 0.3 is 0 Å². The van der Waals surface area contributed by atoms with Gasteiger partial charge in [0.2, 0.25) is 0 Å².